The number of aryl methyl sites for hydroxylation is 1. The Labute approximate surface area is 131 Å². The second-order valence-electron chi connectivity index (χ2n) is 6.00. The van der Waals surface area contributed by atoms with Crippen LogP contribution in [-0.2, 0) is 0 Å². The van der Waals surface area contributed by atoms with Crippen molar-refractivity contribution < 1.29 is 4.79 Å². The summed E-state index contributed by atoms with van der Waals surface area (Å²) in [6.07, 6.45) is 4.07. The van der Waals surface area contributed by atoms with Crippen LogP contribution >= 0.6 is 11.8 Å². The fraction of sp³-hybridized carbons (Fsp3) is 0.529. The number of amidine groups is 1. The van der Waals surface area contributed by atoms with Gasteiger partial charge in [-0.3, -0.25) is 4.79 Å². The predicted molar refractivity (Wildman–Crippen MR) is 91.8 cm³/mol. The second kappa shape index (κ2) is 6.22. The van der Waals surface area contributed by atoms with E-state index in [9.17, 15) is 4.79 Å². The maximum atomic E-state index is 12.4. The van der Waals surface area contributed by atoms with Crippen LogP contribution in [0.2, 0.25) is 0 Å². The minimum atomic E-state index is -0.109. The molecule has 1 aliphatic rings. The van der Waals surface area contributed by atoms with Crippen molar-refractivity contribution in [1.29, 1.82) is 0 Å². The number of benzene rings is 1. The van der Waals surface area contributed by atoms with Crippen molar-refractivity contribution in [3.63, 3.8) is 0 Å². The van der Waals surface area contributed by atoms with Crippen molar-refractivity contribution >= 4 is 28.4 Å². The predicted octanol–water partition coefficient (Wildman–Crippen LogP) is 4.28. The monoisotopic (exact) mass is 304 g/mol. The van der Waals surface area contributed by atoms with Gasteiger partial charge in [-0.15, -0.1) is 0 Å². The van der Waals surface area contributed by atoms with Crippen molar-refractivity contribution in [3.05, 3.63) is 29.3 Å². The highest BCUT2D eigenvalue weighted by Gasteiger charge is 2.45. The van der Waals surface area contributed by atoms with Gasteiger partial charge in [-0.2, -0.15) is 0 Å². The van der Waals surface area contributed by atoms with Crippen LogP contribution < -0.4 is 0 Å². The molecule has 0 aliphatic heterocycles. The number of carbonyl (C=O) groups excluding carboxylic acids is 1. The largest absolute Gasteiger partial charge is 0.355 e. The fourth-order valence-electron chi connectivity index (χ4n) is 2.24. The first-order valence-corrected chi connectivity index (χ1v) is 8.63. The first-order valence-electron chi connectivity index (χ1n) is 7.40. The molecule has 0 atom stereocenters. The lowest BCUT2D eigenvalue weighted by Crippen LogP contribution is -2.23. The maximum Gasteiger partial charge on any atom is 0.168 e. The van der Waals surface area contributed by atoms with E-state index in [2.05, 4.69) is 23.7 Å². The van der Waals surface area contributed by atoms with Crippen LogP contribution in [-0.4, -0.2) is 35.7 Å². The van der Waals surface area contributed by atoms with Gasteiger partial charge in [0.1, 0.15) is 0 Å². The topological polar surface area (TPSA) is 32.7 Å². The summed E-state index contributed by atoms with van der Waals surface area (Å²) in [6.45, 7) is 7.09. The van der Waals surface area contributed by atoms with E-state index in [0.29, 0.717) is 0 Å². The van der Waals surface area contributed by atoms with Gasteiger partial charge in [0.25, 0.3) is 0 Å². The van der Waals surface area contributed by atoms with Gasteiger partial charge in [0.05, 0.1) is 5.69 Å². The first kappa shape index (κ1) is 16.1. The van der Waals surface area contributed by atoms with Crippen molar-refractivity contribution in [2.45, 2.75) is 33.6 Å². The van der Waals surface area contributed by atoms with Crippen molar-refractivity contribution in [1.82, 2.24) is 4.90 Å². The minimum Gasteiger partial charge on any atom is -0.355 e. The standard InChI is InChI=1S/C17H24N2OS/c1-6-19(4)16(21-5)18-13-7-8-14(12(2)11-13)15(20)17(3)9-10-17/h7-8,11H,6,9-10H2,1-5H3. The molecule has 2 rings (SSSR count). The van der Waals surface area contributed by atoms with Gasteiger partial charge in [-0.25, -0.2) is 4.99 Å². The number of hydrogen-bond donors (Lipinski definition) is 0. The molecule has 4 heteroatoms. The Kier molecular flexibility index (Phi) is 4.77. The molecule has 0 unspecified atom stereocenters. The number of rotatable bonds is 4. The molecule has 1 fully saturated rings. The van der Waals surface area contributed by atoms with Crippen molar-refractivity contribution in [2.75, 3.05) is 19.8 Å². The van der Waals surface area contributed by atoms with Gasteiger partial charge in [0, 0.05) is 24.6 Å². The summed E-state index contributed by atoms with van der Waals surface area (Å²) < 4.78 is 0. The molecular weight excluding hydrogens is 280 g/mol. The van der Waals surface area contributed by atoms with Crippen LogP contribution in [0.4, 0.5) is 5.69 Å². The Morgan fingerprint density at radius 1 is 1.43 bits per heavy atom. The Bertz CT molecular complexity index is 576. The zero-order valence-electron chi connectivity index (χ0n) is 13.6. The summed E-state index contributed by atoms with van der Waals surface area (Å²) in [6, 6.07) is 5.90. The molecule has 1 aromatic carbocycles. The molecule has 114 valence electrons. The SMILES string of the molecule is CCN(C)C(=Nc1ccc(C(=O)C2(C)CC2)c(C)c1)SC. The lowest BCUT2D eigenvalue weighted by atomic mass is 9.93. The lowest BCUT2D eigenvalue weighted by Gasteiger charge is -2.17. The highest BCUT2D eigenvalue weighted by Crippen LogP contribution is 2.48. The lowest BCUT2D eigenvalue weighted by molar-refractivity contribution is 0.0912. The molecule has 0 amide bonds. The molecule has 0 heterocycles. The quantitative estimate of drug-likeness (QED) is 0.473. The van der Waals surface area contributed by atoms with Crippen LogP contribution in [0.15, 0.2) is 23.2 Å². The average molecular weight is 304 g/mol. The fourth-order valence-corrected chi connectivity index (χ4v) is 2.88. The summed E-state index contributed by atoms with van der Waals surface area (Å²) in [4.78, 5) is 19.2. The molecule has 0 bridgehead atoms. The Morgan fingerprint density at radius 2 is 2.10 bits per heavy atom. The molecule has 0 radical (unpaired) electrons. The Hall–Kier alpha value is -1.29. The van der Waals surface area contributed by atoms with E-state index in [1.165, 1.54) is 0 Å². The Balaban J connectivity index is 2.26. The molecule has 0 aromatic heterocycles. The molecule has 3 nitrogen and oxygen atoms in total. The number of carbonyl (C=O) groups is 1. The highest BCUT2D eigenvalue weighted by atomic mass is 32.2. The van der Waals surface area contributed by atoms with Gasteiger partial charge >= 0.3 is 0 Å². The molecule has 1 saturated carbocycles. The van der Waals surface area contributed by atoms with Crippen LogP contribution in [0.25, 0.3) is 0 Å². The first-order chi connectivity index (χ1) is 9.91. The van der Waals surface area contributed by atoms with Crippen LogP contribution in [0.1, 0.15) is 42.6 Å². The van der Waals surface area contributed by atoms with E-state index in [-0.39, 0.29) is 11.2 Å². The molecule has 21 heavy (non-hydrogen) atoms. The smallest absolute Gasteiger partial charge is 0.168 e. The average Bonchev–Trinajstić information content (AvgIpc) is 3.22. The normalized spacial score (nSPS) is 16.7. The molecule has 1 aliphatic carbocycles. The van der Waals surface area contributed by atoms with E-state index < -0.39 is 0 Å². The molecule has 0 spiro atoms. The van der Waals surface area contributed by atoms with E-state index >= 15 is 0 Å². The van der Waals surface area contributed by atoms with Crippen LogP contribution in [0.3, 0.4) is 0 Å². The van der Waals surface area contributed by atoms with E-state index in [0.717, 1.165) is 41.4 Å². The second-order valence-corrected chi connectivity index (χ2v) is 6.78. The van der Waals surface area contributed by atoms with Gasteiger partial charge in [-0.05, 0) is 56.7 Å². The van der Waals surface area contributed by atoms with Crippen LogP contribution in [0, 0.1) is 12.3 Å². The van der Waals surface area contributed by atoms with Crippen LogP contribution in [0.5, 0.6) is 0 Å². The number of ketones is 1. The number of nitrogens with zero attached hydrogens (tertiary/aromatic N) is 2. The third kappa shape index (κ3) is 3.49. The van der Waals surface area contributed by atoms with E-state index in [1.54, 1.807) is 11.8 Å². The van der Waals surface area contributed by atoms with E-state index in [1.807, 2.05) is 38.4 Å². The van der Waals surface area contributed by atoms with Crippen molar-refractivity contribution in [3.8, 4) is 0 Å². The summed E-state index contributed by atoms with van der Waals surface area (Å²) in [5, 5.41) is 0.991. The number of aliphatic imine (C=N–C) groups is 1. The van der Waals surface area contributed by atoms with Gasteiger partial charge in [0.15, 0.2) is 11.0 Å². The zero-order chi connectivity index (χ0) is 15.6. The zero-order valence-corrected chi connectivity index (χ0v) is 14.4. The number of hydrogen-bond acceptors (Lipinski definition) is 3. The molecular formula is C17H24N2OS. The van der Waals surface area contributed by atoms with Crippen molar-refractivity contribution in [2.24, 2.45) is 10.4 Å². The van der Waals surface area contributed by atoms with Gasteiger partial charge in [-0.1, -0.05) is 18.7 Å². The highest BCUT2D eigenvalue weighted by molar-refractivity contribution is 8.13. The number of thioether (sulfide) groups is 1. The third-order valence-corrected chi connectivity index (χ3v) is 4.98. The van der Waals surface area contributed by atoms with Gasteiger partial charge < -0.3 is 4.90 Å². The summed E-state index contributed by atoms with van der Waals surface area (Å²) >= 11 is 1.64. The summed E-state index contributed by atoms with van der Waals surface area (Å²) in [7, 11) is 2.04. The van der Waals surface area contributed by atoms with Gasteiger partial charge in [0.2, 0.25) is 0 Å². The number of Topliss-reactive ketones (excluding diaryl/α,β-unsaturated/α-hetero) is 1. The maximum absolute atomic E-state index is 12.4. The molecule has 0 saturated heterocycles. The summed E-state index contributed by atoms with van der Waals surface area (Å²) in [5.41, 5.74) is 2.68. The molecule has 0 N–H and O–H groups in total. The third-order valence-electron chi connectivity index (χ3n) is 4.21. The van der Waals surface area contributed by atoms with E-state index in [4.69, 9.17) is 0 Å². The minimum absolute atomic E-state index is 0.109. The summed E-state index contributed by atoms with van der Waals surface area (Å²) in [5.74, 6) is 0.284. The molecule has 1 aromatic rings. The Morgan fingerprint density at radius 3 is 2.57 bits per heavy atom.